The summed E-state index contributed by atoms with van der Waals surface area (Å²) in [6.45, 7) is 4.12. The number of rotatable bonds is 6. The number of unbranched alkanes of at least 4 members (excludes halogenated alkanes) is 2. The van der Waals surface area contributed by atoms with Gasteiger partial charge in [0.05, 0.1) is 5.56 Å². The fourth-order valence-electron chi connectivity index (χ4n) is 1.59. The highest BCUT2D eigenvalue weighted by molar-refractivity contribution is 5.93. The molecule has 1 amide bonds. The van der Waals surface area contributed by atoms with E-state index in [2.05, 4.69) is 17.2 Å². The number of aromatic nitrogens is 1. The van der Waals surface area contributed by atoms with Gasteiger partial charge in [-0.1, -0.05) is 26.2 Å². The Morgan fingerprint density at radius 3 is 2.82 bits per heavy atom. The lowest BCUT2D eigenvalue weighted by Crippen LogP contribution is -2.32. The van der Waals surface area contributed by atoms with Crippen molar-refractivity contribution in [3.05, 3.63) is 29.8 Å². The molecule has 1 heterocycles. The van der Waals surface area contributed by atoms with Gasteiger partial charge >= 0.3 is 0 Å². The first-order valence-corrected chi connectivity index (χ1v) is 6.06. The molecule has 0 saturated heterocycles. The molecule has 4 heteroatoms. The summed E-state index contributed by atoms with van der Waals surface area (Å²) in [4.78, 5) is 15.2. The quantitative estimate of drug-likeness (QED) is 0.611. The average Bonchev–Trinajstić information content (AvgIpc) is 2.30. The summed E-state index contributed by atoms with van der Waals surface area (Å²) in [7, 11) is 0. The van der Waals surface area contributed by atoms with Crippen molar-refractivity contribution < 1.29 is 9.18 Å². The molecule has 0 bridgehead atoms. The van der Waals surface area contributed by atoms with Crippen LogP contribution in [0.1, 0.15) is 49.9 Å². The van der Waals surface area contributed by atoms with E-state index in [1.807, 2.05) is 6.92 Å². The number of hydrogen-bond donors (Lipinski definition) is 1. The van der Waals surface area contributed by atoms with Gasteiger partial charge in [-0.2, -0.15) is 4.39 Å². The van der Waals surface area contributed by atoms with Crippen molar-refractivity contribution in [1.82, 2.24) is 10.3 Å². The third-order valence-electron chi connectivity index (χ3n) is 2.61. The molecule has 0 aliphatic carbocycles. The molecule has 1 rings (SSSR count). The topological polar surface area (TPSA) is 42.0 Å². The monoisotopic (exact) mass is 238 g/mol. The maximum absolute atomic E-state index is 12.6. The normalized spacial score (nSPS) is 12.2. The second kappa shape index (κ2) is 6.99. The number of hydrogen-bond acceptors (Lipinski definition) is 2. The Hall–Kier alpha value is -1.45. The van der Waals surface area contributed by atoms with Crippen LogP contribution in [0.2, 0.25) is 0 Å². The molecule has 1 aromatic heterocycles. The standard InChI is InChI=1S/C13H19FN2O/c1-3-4-5-6-10(2)16-13(17)11-7-8-12(14)15-9-11/h7-10H,3-6H2,1-2H3,(H,16,17). The van der Waals surface area contributed by atoms with Gasteiger partial charge in [-0.05, 0) is 25.5 Å². The SMILES string of the molecule is CCCCCC(C)NC(=O)c1ccc(F)nc1. The van der Waals surface area contributed by atoms with E-state index in [0.717, 1.165) is 12.8 Å². The zero-order valence-corrected chi connectivity index (χ0v) is 10.4. The first-order chi connectivity index (χ1) is 8.13. The Bertz CT molecular complexity index is 351. The van der Waals surface area contributed by atoms with Gasteiger partial charge in [-0.25, -0.2) is 4.98 Å². The maximum Gasteiger partial charge on any atom is 0.253 e. The van der Waals surface area contributed by atoms with Crippen LogP contribution in [0.25, 0.3) is 0 Å². The molecule has 1 N–H and O–H groups in total. The minimum absolute atomic E-state index is 0.138. The van der Waals surface area contributed by atoms with Crippen molar-refractivity contribution in [2.75, 3.05) is 0 Å². The summed E-state index contributed by atoms with van der Waals surface area (Å²) in [5.41, 5.74) is 0.397. The Morgan fingerprint density at radius 2 is 2.24 bits per heavy atom. The summed E-state index contributed by atoms with van der Waals surface area (Å²) in [6.07, 6.45) is 5.68. The lowest BCUT2D eigenvalue weighted by molar-refractivity contribution is 0.0937. The summed E-state index contributed by atoms with van der Waals surface area (Å²) in [6, 6.07) is 2.77. The fourth-order valence-corrected chi connectivity index (χ4v) is 1.59. The van der Waals surface area contributed by atoms with Crippen molar-refractivity contribution in [1.29, 1.82) is 0 Å². The van der Waals surface area contributed by atoms with Crippen LogP contribution in [-0.2, 0) is 0 Å². The largest absolute Gasteiger partial charge is 0.350 e. The van der Waals surface area contributed by atoms with E-state index in [1.165, 1.54) is 31.2 Å². The Balaban J connectivity index is 2.40. The minimum atomic E-state index is -0.572. The highest BCUT2D eigenvalue weighted by atomic mass is 19.1. The molecule has 0 aliphatic rings. The van der Waals surface area contributed by atoms with Gasteiger partial charge < -0.3 is 5.32 Å². The highest BCUT2D eigenvalue weighted by Crippen LogP contribution is 2.05. The van der Waals surface area contributed by atoms with Crippen molar-refractivity contribution >= 4 is 5.91 Å². The number of carbonyl (C=O) groups excluding carboxylic acids is 1. The zero-order chi connectivity index (χ0) is 12.7. The van der Waals surface area contributed by atoms with Crippen LogP contribution in [0.3, 0.4) is 0 Å². The van der Waals surface area contributed by atoms with Crippen molar-refractivity contribution in [2.24, 2.45) is 0 Å². The third-order valence-corrected chi connectivity index (χ3v) is 2.61. The smallest absolute Gasteiger partial charge is 0.253 e. The van der Waals surface area contributed by atoms with Gasteiger partial charge in [-0.3, -0.25) is 4.79 Å². The van der Waals surface area contributed by atoms with Gasteiger partial charge in [-0.15, -0.1) is 0 Å². The van der Waals surface area contributed by atoms with E-state index in [0.29, 0.717) is 5.56 Å². The van der Waals surface area contributed by atoms with Crippen LogP contribution in [0.15, 0.2) is 18.3 Å². The van der Waals surface area contributed by atoms with Gasteiger partial charge in [0, 0.05) is 12.2 Å². The van der Waals surface area contributed by atoms with E-state index < -0.39 is 5.95 Å². The lowest BCUT2D eigenvalue weighted by Gasteiger charge is -2.13. The lowest BCUT2D eigenvalue weighted by atomic mass is 10.1. The van der Waals surface area contributed by atoms with E-state index in [-0.39, 0.29) is 11.9 Å². The van der Waals surface area contributed by atoms with Crippen LogP contribution in [-0.4, -0.2) is 16.9 Å². The molecule has 0 radical (unpaired) electrons. The van der Waals surface area contributed by atoms with Gasteiger partial charge in [0.2, 0.25) is 5.95 Å². The number of halogens is 1. The molecular weight excluding hydrogens is 219 g/mol. The van der Waals surface area contributed by atoms with Crippen molar-refractivity contribution in [3.8, 4) is 0 Å². The number of nitrogens with zero attached hydrogens (tertiary/aromatic N) is 1. The summed E-state index contributed by atoms with van der Waals surface area (Å²) >= 11 is 0. The van der Waals surface area contributed by atoms with Gasteiger partial charge in [0.15, 0.2) is 0 Å². The van der Waals surface area contributed by atoms with E-state index in [1.54, 1.807) is 0 Å². The molecule has 1 unspecified atom stereocenters. The van der Waals surface area contributed by atoms with Crippen LogP contribution in [0.4, 0.5) is 4.39 Å². The second-order valence-electron chi connectivity index (χ2n) is 4.24. The van der Waals surface area contributed by atoms with Crippen molar-refractivity contribution in [3.63, 3.8) is 0 Å². The van der Waals surface area contributed by atoms with E-state index in [9.17, 15) is 9.18 Å². The van der Waals surface area contributed by atoms with Crippen LogP contribution >= 0.6 is 0 Å². The van der Waals surface area contributed by atoms with Crippen LogP contribution in [0.5, 0.6) is 0 Å². The number of pyridine rings is 1. The van der Waals surface area contributed by atoms with Crippen molar-refractivity contribution in [2.45, 2.75) is 45.6 Å². The predicted molar refractivity (Wildman–Crippen MR) is 65.3 cm³/mol. The Morgan fingerprint density at radius 1 is 1.47 bits per heavy atom. The zero-order valence-electron chi connectivity index (χ0n) is 10.4. The number of amides is 1. The van der Waals surface area contributed by atoms with E-state index >= 15 is 0 Å². The molecular formula is C13H19FN2O. The van der Waals surface area contributed by atoms with Gasteiger partial charge in [0.1, 0.15) is 0 Å². The molecule has 0 saturated carbocycles. The summed E-state index contributed by atoms with van der Waals surface area (Å²) in [5, 5.41) is 2.87. The molecule has 3 nitrogen and oxygen atoms in total. The number of carbonyl (C=O) groups is 1. The fraction of sp³-hybridized carbons (Fsp3) is 0.538. The molecule has 0 aromatic carbocycles. The summed E-state index contributed by atoms with van der Waals surface area (Å²) < 4.78 is 12.6. The molecule has 1 atom stereocenters. The number of nitrogens with one attached hydrogen (secondary N) is 1. The predicted octanol–water partition coefficient (Wildman–Crippen LogP) is 2.92. The molecule has 0 spiro atoms. The van der Waals surface area contributed by atoms with Crippen LogP contribution < -0.4 is 5.32 Å². The minimum Gasteiger partial charge on any atom is -0.350 e. The van der Waals surface area contributed by atoms with Gasteiger partial charge in [0.25, 0.3) is 5.91 Å². The van der Waals surface area contributed by atoms with Crippen LogP contribution in [0, 0.1) is 5.95 Å². The molecule has 94 valence electrons. The highest BCUT2D eigenvalue weighted by Gasteiger charge is 2.09. The Kier molecular flexibility index (Phi) is 5.60. The molecule has 0 fully saturated rings. The first-order valence-electron chi connectivity index (χ1n) is 6.06. The molecule has 17 heavy (non-hydrogen) atoms. The average molecular weight is 238 g/mol. The molecule has 0 aliphatic heterocycles. The molecule has 1 aromatic rings. The Labute approximate surface area is 101 Å². The third kappa shape index (κ3) is 4.93. The van der Waals surface area contributed by atoms with E-state index in [4.69, 9.17) is 0 Å². The second-order valence-corrected chi connectivity index (χ2v) is 4.24. The summed E-state index contributed by atoms with van der Waals surface area (Å²) in [5.74, 6) is -0.765. The maximum atomic E-state index is 12.6. The first kappa shape index (κ1) is 13.6.